The number of nitrogens with zero attached hydrogens (tertiary/aromatic N) is 1. The van der Waals surface area contributed by atoms with E-state index in [1.165, 1.54) is 35.9 Å². The van der Waals surface area contributed by atoms with Gasteiger partial charge in [0.2, 0.25) is 0 Å². The summed E-state index contributed by atoms with van der Waals surface area (Å²) in [7, 11) is 1.31. The number of hydrogen-bond donors (Lipinski definition) is 0. The van der Waals surface area contributed by atoms with Gasteiger partial charge in [-0.2, -0.15) is 0 Å². The first kappa shape index (κ1) is 17.9. The van der Waals surface area contributed by atoms with Crippen molar-refractivity contribution in [1.82, 2.24) is 4.90 Å². The second kappa shape index (κ2) is 7.58. The molecule has 1 aliphatic rings. The fraction of sp³-hybridized carbons (Fsp3) is 0.222. The topological polar surface area (TPSA) is 46.6 Å². The normalized spacial score (nSPS) is 19.7. The summed E-state index contributed by atoms with van der Waals surface area (Å²) in [6, 6.07) is 12.3. The molecule has 2 unspecified atom stereocenters. The van der Waals surface area contributed by atoms with Crippen molar-refractivity contribution in [1.29, 1.82) is 0 Å². The number of amides is 1. The molecule has 1 heterocycles. The molecule has 130 valence electrons. The molecule has 1 saturated heterocycles. The maximum absolute atomic E-state index is 13.2. The van der Waals surface area contributed by atoms with Gasteiger partial charge < -0.3 is 9.64 Å². The zero-order chi connectivity index (χ0) is 18.0. The van der Waals surface area contributed by atoms with Crippen LogP contribution in [-0.2, 0) is 9.53 Å². The Kier molecular flexibility index (Phi) is 5.44. The third kappa shape index (κ3) is 3.72. The molecule has 0 spiro atoms. The maximum Gasteiger partial charge on any atom is 0.329 e. The van der Waals surface area contributed by atoms with Crippen molar-refractivity contribution in [3.05, 3.63) is 69.9 Å². The van der Waals surface area contributed by atoms with Crippen LogP contribution in [0.5, 0.6) is 0 Å². The number of hydrogen-bond acceptors (Lipinski definition) is 4. The first-order chi connectivity index (χ1) is 12.0. The van der Waals surface area contributed by atoms with E-state index in [9.17, 15) is 14.0 Å². The summed E-state index contributed by atoms with van der Waals surface area (Å²) >= 11 is 4.81. The Balaban J connectivity index is 1.99. The molecule has 0 radical (unpaired) electrons. The summed E-state index contributed by atoms with van der Waals surface area (Å²) in [5, 5.41) is -0.379. The van der Waals surface area contributed by atoms with Gasteiger partial charge in [-0.05, 0) is 35.9 Å². The third-order valence-corrected chi connectivity index (χ3v) is 5.75. The molecule has 25 heavy (non-hydrogen) atoms. The molecule has 0 aromatic heterocycles. The Labute approximate surface area is 157 Å². The van der Waals surface area contributed by atoms with E-state index in [0.717, 1.165) is 10.0 Å². The molecule has 0 saturated carbocycles. The standard InChI is InChI=1S/C18H15BrFNO3S/c1-24-18(23)15-10-25-17(11-5-7-14(20)8-6-11)21(15)16(22)12-3-2-4-13(19)9-12/h2-9,15,17H,10H2,1H3. The molecule has 0 N–H and O–H groups in total. The number of carbonyl (C=O) groups is 2. The van der Waals surface area contributed by atoms with Gasteiger partial charge in [0, 0.05) is 15.8 Å². The smallest absolute Gasteiger partial charge is 0.329 e. The van der Waals surface area contributed by atoms with Crippen LogP contribution in [0.15, 0.2) is 53.0 Å². The van der Waals surface area contributed by atoms with Gasteiger partial charge in [0.25, 0.3) is 5.91 Å². The number of halogens is 2. The monoisotopic (exact) mass is 423 g/mol. The lowest BCUT2D eigenvalue weighted by Crippen LogP contribution is -2.43. The molecule has 3 rings (SSSR count). The largest absolute Gasteiger partial charge is 0.467 e. The van der Waals surface area contributed by atoms with E-state index in [1.807, 2.05) is 6.07 Å². The summed E-state index contributed by atoms with van der Waals surface area (Å²) in [6.07, 6.45) is 0. The van der Waals surface area contributed by atoms with Gasteiger partial charge in [-0.25, -0.2) is 9.18 Å². The third-order valence-electron chi connectivity index (χ3n) is 3.93. The highest BCUT2D eigenvalue weighted by atomic mass is 79.9. The van der Waals surface area contributed by atoms with Crippen molar-refractivity contribution in [2.45, 2.75) is 11.4 Å². The van der Waals surface area contributed by atoms with Gasteiger partial charge in [0.15, 0.2) is 0 Å². The molecule has 1 amide bonds. The van der Waals surface area contributed by atoms with Crippen molar-refractivity contribution in [3.8, 4) is 0 Å². The number of benzene rings is 2. The fourth-order valence-corrected chi connectivity index (χ4v) is 4.54. The second-order valence-electron chi connectivity index (χ2n) is 5.50. The molecule has 0 aliphatic carbocycles. The van der Waals surface area contributed by atoms with E-state index in [-0.39, 0.29) is 17.1 Å². The van der Waals surface area contributed by atoms with Crippen LogP contribution in [0.3, 0.4) is 0 Å². The van der Waals surface area contributed by atoms with E-state index < -0.39 is 12.0 Å². The molecule has 1 aliphatic heterocycles. The van der Waals surface area contributed by atoms with E-state index in [1.54, 1.807) is 30.3 Å². The van der Waals surface area contributed by atoms with Crippen molar-refractivity contribution in [2.24, 2.45) is 0 Å². The second-order valence-corrected chi connectivity index (χ2v) is 7.53. The minimum atomic E-state index is -0.684. The predicted molar refractivity (Wildman–Crippen MR) is 97.7 cm³/mol. The van der Waals surface area contributed by atoms with E-state index >= 15 is 0 Å². The van der Waals surface area contributed by atoms with Crippen LogP contribution in [-0.4, -0.2) is 35.7 Å². The van der Waals surface area contributed by atoms with Gasteiger partial charge in [-0.15, -0.1) is 11.8 Å². The van der Waals surface area contributed by atoms with Crippen molar-refractivity contribution in [3.63, 3.8) is 0 Å². The quantitative estimate of drug-likeness (QED) is 0.699. The number of thioether (sulfide) groups is 1. The lowest BCUT2D eigenvalue weighted by Gasteiger charge is -2.28. The number of methoxy groups -OCH3 is 1. The lowest BCUT2D eigenvalue weighted by molar-refractivity contribution is -0.145. The van der Waals surface area contributed by atoms with Crippen molar-refractivity contribution < 1.29 is 18.7 Å². The number of carbonyl (C=O) groups excluding carboxylic acids is 2. The first-order valence-electron chi connectivity index (χ1n) is 7.54. The Morgan fingerprint density at radius 2 is 1.96 bits per heavy atom. The summed E-state index contributed by atoms with van der Waals surface area (Å²) in [5.74, 6) is -0.647. The molecule has 2 aromatic carbocycles. The molecule has 4 nitrogen and oxygen atoms in total. The minimum Gasteiger partial charge on any atom is -0.467 e. The lowest BCUT2D eigenvalue weighted by atomic mass is 10.1. The number of ether oxygens (including phenoxy) is 1. The highest BCUT2D eigenvalue weighted by Crippen LogP contribution is 2.42. The van der Waals surface area contributed by atoms with Crippen LogP contribution in [0.25, 0.3) is 0 Å². The van der Waals surface area contributed by atoms with Crippen LogP contribution < -0.4 is 0 Å². The molecule has 7 heteroatoms. The summed E-state index contributed by atoms with van der Waals surface area (Å²) < 4.78 is 18.9. The van der Waals surface area contributed by atoms with E-state index in [4.69, 9.17) is 4.74 Å². The zero-order valence-corrected chi connectivity index (χ0v) is 15.7. The van der Waals surface area contributed by atoms with Gasteiger partial charge in [0.1, 0.15) is 17.2 Å². The van der Waals surface area contributed by atoms with Gasteiger partial charge >= 0.3 is 5.97 Å². The van der Waals surface area contributed by atoms with Gasteiger partial charge in [-0.3, -0.25) is 4.79 Å². The van der Waals surface area contributed by atoms with Crippen LogP contribution in [0, 0.1) is 5.82 Å². The first-order valence-corrected chi connectivity index (χ1v) is 9.38. The molecule has 2 aromatic rings. The number of rotatable bonds is 3. The van der Waals surface area contributed by atoms with Crippen molar-refractivity contribution >= 4 is 39.6 Å². The predicted octanol–water partition coefficient (Wildman–Crippen LogP) is 4.02. The molecular weight excluding hydrogens is 409 g/mol. The Bertz CT molecular complexity index is 799. The molecule has 2 atom stereocenters. The van der Waals surface area contributed by atoms with Crippen LogP contribution in [0.4, 0.5) is 4.39 Å². The Hall–Kier alpha value is -1.86. The highest BCUT2D eigenvalue weighted by molar-refractivity contribution is 9.10. The SMILES string of the molecule is COC(=O)C1CSC(c2ccc(F)cc2)N1C(=O)c1cccc(Br)c1. The van der Waals surface area contributed by atoms with Crippen LogP contribution >= 0.6 is 27.7 Å². The fourth-order valence-electron chi connectivity index (χ4n) is 2.73. The minimum absolute atomic E-state index is 0.268. The summed E-state index contributed by atoms with van der Waals surface area (Å²) in [4.78, 5) is 26.8. The zero-order valence-electron chi connectivity index (χ0n) is 13.3. The molecular formula is C18H15BrFNO3S. The Morgan fingerprint density at radius 3 is 2.60 bits per heavy atom. The van der Waals surface area contributed by atoms with Gasteiger partial charge in [0.05, 0.1) is 7.11 Å². The molecule has 0 bridgehead atoms. The van der Waals surface area contributed by atoms with Crippen molar-refractivity contribution in [2.75, 3.05) is 12.9 Å². The average Bonchev–Trinajstić information content (AvgIpc) is 3.06. The average molecular weight is 424 g/mol. The van der Waals surface area contributed by atoms with Crippen LogP contribution in [0.2, 0.25) is 0 Å². The van der Waals surface area contributed by atoms with Gasteiger partial charge in [-0.1, -0.05) is 34.1 Å². The Morgan fingerprint density at radius 1 is 1.24 bits per heavy atom. The van der Waals surface area contributed by atoms with E-state index in [0.29, 0.717) is 11.3 Å². The number of esters is 1. The maximum atomic E-state index is 13.2. The molecule has 1 fully saturated rings. The summed E-state index contributed by atoms with van der Waals surface area (Å²) in [6.45, 7) is 0. The highest BCUT2D eigenvalue weighted by Gasteiger charge is 2.43. The summed E-state index contributed by atoms with van der Waals surface area (Å²) in [5.41, 5.74) is 1.24. The van der Waals surface area contributed by atoms with Crippen LogP contribution in [0.1, 0.15) is 21.3 Å². The van der Waals surface area contributed by atoms with E-state index in [2.05, 4.69) is 15.9 Å².